The fraction of sp³-hybridized carbons (Fsp3) is 0.290. The van der Waals surface area contributed by atoms with E-state index in [2.05, 4.69) is 27.0 Å². The van der Waals surface area contributed by atoms with Gasteiger partial charge in [-0.05, 0) is 37.5 Å². The maximum Gasteiger partial charge on any atom is 0.330 e. The number of carbonyl (C=O) groups is 4. The largest absolute Gasteiger partial charge is 0.458 e. The molecule has 3 amide bonds. The molecule has 0 unspecified atom stereocenters. The van der Waals surface area contributed by atoms with E-state index < -0.39 is 35.4 Å². The molecule has 0 bridgehead atoms. The maximum atomic E-state index is 13.5. The lowest BCUT2D eigenvalue weighted by atomic mass is 9.97. The van der Waals surface area contributed by atoms with E-state index in [1.54, 1.807) is 6.92 Å². The number of carbonyl (C=O) groups excluding carboxylic acids is 4. The molecule has 3 aromatic rings. The van der Waals surface area contributed by atoms with Crippen molar-refractivity contribution in [2.24, 2.45) is 5.92 Å². The average Bonchev–Trinajstić information content (AvgIpc) is 3.62. The molecule has 0 saturated carbocycles. The SMILES string of the molecule is C#CC[C@@H](C(=O)N[C@H](/C=C/C(=O)OCc1ccccc1)C[C@@H]1CCNC1=O)n1cccc(NC(=O)c2cc(C)on2)c1=O. The summed E-state index contributed by atoms with van der Waals surface area (Å²) in [4.78, 5) is 64.1. The van der Waals surface area contributed by atoms with Gasteiger partial charge in [0.2, 0.25) is 11.8 Å². The van der Waals surface area contributed by atoms with Crippen LogP contribution in [0.15, 0.2) is 76.2 Å². The van der Waals surface area contributed by atoms with E-state index in [9.17, 15) is 24.0 Å². The summed E-state index contributed by atoms with van der Waals surface area (Å²) in [7, 11) is 0. The number of aryl methyl sites for hydroxylation is 1. The van der Waals surface area contributed by atoms with Crippen molar-refractivity contribution >= 4 is 29.4 Å². The Morgan fingerprint density at radius 1 is 1.23 bits per heavy atom. The third-order valence-corrected chi connectivity index (χ3v) is 6.75. The van der Waals surface area contributed by atoms with Gasteiger partial charge < -0.3 is 29.8 Å². The van der Waals surface area contributed by atoms with Crippen LogP contribution >= 0.6 is 0 Å². The van der Waals surface area contributed by atoms with Gasteiger partial charge in [-0.1, -0.05) is 41.6 Å². The molecular weight excluding hydrogens is 554 g/mol. The summed E-state index contributed by atoms with van der Waals surface area (Å²) >= 11 is 0. The molecule has 43 heavy (non-hydrogen) atoms. The van der Waals surface area contributed by atoms with Crippen molar-refractivity contribution in [2.45, 2.75) is 44.9 Å². The smallest absolute Gasteiger partial charge is 0.330 e. The van der Waals surface area contributed by atoms with Gasteiger partial charge in [0.05, 0.1) is 0 Å². The third-order valence-electron chi connectivity index (χ3n) is 6.75. The molecule has 3 heterocycles. The highest BCUT2D eigenvalue weighted by atomic mass is 16.5. The summed E-state index contributed by atoms with van der Waals surface area (Å²) in [5, 5.41) is 11.7. The Morgan fingerprint density at radius 2 is 2.02 bits per heavy atom. The minimum Gasteiger partial charge on any atom is -0.458 e. The van der Waals surface area contributed by atoms with Crippen LogP contribution in [0.5, 0.6) is 0 Å². The average molecular weight is 586 g/mol. The molecule has 12 nitrogen and oxygen atoms in total. The van der Waals surface area contributed by atoms with Gasteiger partial charge in [0.1, 0.15) is 24.1 Å². The number of nitrogens with zero attached hydrogens (tertiary/aromatic N) is 2. The standard InChI is InChI=1S/C31H31N5O7/c1-3-8-26(36-16-7-11-24(31(36)41)34-29(39)25-17-20(2)43-35-25)30(40)33-23(18-22-14-15-32-28(22)38)12-13-27(37)42-19-21-9-5-4-6-10-21/h1,4-7,9-13,16-17,22-23,26H,8,14-15,18-19H2,2H3,(H,32,38)(H,33,40)(H,34,39)/b13-12+/t22-,23+,26-/m0/s1. The molecule has 12 heteroatoms. The van der Waals surface area contributed by atoms with Crippen LogP contribution in [0.4, 0.5) is 5.69 Å². The Morgan fingerprint density at radius 3 is 2.70 bits per heavy atom. The Bertz CT molecular complexity index is 1600. The zero-order chi connectivity index (χ0) is 30.8. The van der Waals surface area contributed by atoms with Gasteiger partial charge in [0.25, 0.3) is 11.5 Å². The van der Waals surface area contributed by atoms with Crippen molar-refractivity contribution < 1.29 is 28.4 Å². The van der Waals surface area contributed by atoms with Gasteiger partial charge in [-0.3, -0.25) is 19.2 Å². The second-order valence-corrected chi connectivity index (χ2v) is 9.92. The van der Waals surface area contributed by atoms with E-state index in [1.807, 2.05) is 30.3 Å². The van der Waals surface area contributed by atoms with Gasteiger partial charge in [-0.25, -0.2) is 4.79 Å². The predicted molar refractivity (Wildman–Crippen MR) is 155 cm³/mol. The molecule has 3 atom stereocenters. The van der Waals surface area contributed by atoms with Crippen molar-refractivity contribution in [3.8, 4) is 12.3 Å². The summed E-state index contributed by atoms with van der Waals surface area (Å²) in [6, 6.07) is 11.6. The number of anilines is 1. The molecule has 2 aromatic heterocycles. The lowest BCUT2D eigenvalue weighted by molar-refractivity contribution is -0.139. The lowest BCUT2D eigenvalue weighted by Crippen LogP contribution is -2.43. The highest BCUT2D eigenvalue weighted by molar-refractivity contribution is 6.02. The predicted octanol–water partition coefficient (Wildman–Crippen LogP) is 2.27. The first-order valence-corrected chi connectivity index (χ1v) is 13.6. The van der Waals surface area contributed by atoms with Crippen molar-refractivity contribution in [3.05, 3.63) is 94.3 Å². The first kappa shape index (κ1) is 30.5. The van der Waals surface area contributed by atoms with Gasteiger partial charge in [0.15, 0.2) is 5.69 Å². The molecule has 1 fully saturated rings. The number of nitrogens with one attached hydrogen (secondary N) is 3. The quantitative estimate of drug-likeness (QED) is 0.166. The minimum absolute atomic E-state index is 0.0157. The number of hydrogen-bond donors (Lipinski definition) is 3. The Labute approximate surface area is 247 Å². The highest BCUT2D eigenvalue weighted by Gasteiger charge is 2.29. The number of amides is 3. The lowest BCUT2D eigenvalue weighted by Gasteiger charge is -2.23. The number of hydrogen-bond acceptors (Lipinski definition) is 8. The van der Waals surface area contributed by atoms with Gasteiger partial charge in [-0.2, -0.15) is 0 Å². The zero-order valence-electron chi connectivity index (χ0n) is 23.4. The number of terminal acetylenes is 1. The van der Waals surface area contributed by atoms with Gasteiger partial charge in [-0.15, -0.1) is 12.3 Å². The monoisotopic (exact) mass is 585 g/mol. The van der Waals surface area contributed by atoms with Crippen molar-refractivity contribution in [2.75, 3.05) is 11.9 Å². The van der Waals surface area contributed by atoms with Crippen LogP contribution in [-0.4, -0.2) is 46.0 Å². The van der Waals surface area contributed by atoms with E-state index in [1.165, 1.54) is 36.5 Å². The summed E-state index contributed by atoms with van der Waals surface area (Å²) in [6.07, 6.45) is 10.2. The normalized spacial score (nSPS) is 15.7. The Balaban J connectivity index is 1.50. The van der Waals surface area contributed by atoms with E-state index in [4.69, 9.17) is 15.7 Å². The summed E-state index contributed by atoms with van der Waals surface area (Å²) in [5.41, 5.74) is 0.0355. The Kier molecular flexibility index (Phi) is 10.3. The third kappa shape index (κ3) is 8.29. The van der Waals surface area contributed by atoms with Gasteiger partial charge >= 0.3 is 5.97 Å². The maximum absolute atomic E-state index is 13.5. The van der Waals surface area contributed by atoms with Crippen LogP contribution < -0.4 is 21.5 Å². The highest BCUT2D eigenvalue weighted by Crippen LogP contribution is 2.19. The first-order chi connectivity index (χ1) is 20.7. The van der Waals surface area contributed by atoms with E-state index in [0.717, 1.165) is 10.1 Å². The summed E-state index contributed by atoms with van der Waals surface area (Å²) in [5.74, 6) is 0.399. The number of pyridine rings is 1. The number of esters is 1. The molecular formula is C31H31N5O7. The fourth-order valence-electron chi connectivity index (χ4n) is 4.55. The van der Waals surface area contributed by atoms with Crippen molar-refractivity contribution in [3.63, 3.8) is 0 Å². The number of aromatic nitrogens is 2. The van der Waals surface area contributed by atoms with Crippen LogP contribution in [-0.2, 0) is 25.7 Å². The zero-order valence-corrected chi connectivity index (χ0v) is 23.4. The molecule has 1 saturated heterocycles. The number of benzene rings is 1. The molecule has 1 aromatic carbocycles. The molecule has 222 valence electrons. The minimum atomic E-state index is -1.15. The van der Waals surface area contributed by atoms with Crippen LogP contribution in [0.25, 0.3) is 0 Å². The molecule has 0 spiro atoms. The molecule has 4 rings (SSSR count). The topological polar surface area (TPSA) is 162 Å². The summed E-state index contributed by atoms with van der Waals surface area (Å²) < 4.78 is 11.3. The second-order valence-electron chi connectivity index (χ2n) is 9.92. The van der Waals surface area contributed by atoms with Crippen LogP contribution in [0, 0.1) is 25.2 Å². The number of rotatable bonds is 12. The van der Waals surface area contributed by atoms with Crippen molar-refractivity contribution in [1.29, 1.82) is 0 Å². The van der Waals surface area contributed by atoms with Gasteiger partial charge in [0, 0.05) is 43.3 Å². The fourth-order valence-corrected chi connectivity index (χ4v) is 4.55. The van der Waals surface area contributed by atoms with E-state index in [0.29, 0.717) is 18.7 Å². The second kappa shape index (κ2) is 14.5. The number of ether oxygens (including phenoxy) is 1. The van der Waals surface area contributed by atoms with E-state index in [-0.39, 0.29) is 42.7 Å². The Hall–Kier alpha value is -5.44. The van der Waals surface area contributed by atoms with Crippen LogP contribution in [0.3, 0.4) is 0 Å². The van der Waals surface area contributed by atoms with Crippen LogP contribution in [0.1, 0.15) is 47.1 Å². The molecule has 0 aliphatic carbocycles. The van der Waals surface area contributed by atoms with Crippen molar-refractivity contribution in [1.82, 2.24) is 20.4 Å². The molecule has 3 N–H and O–H groups in total. The summed E-state index contributed by atoms with van der Waals surface area (Å²) in [6.45, 7) is 2.20. The molecule has 0 radical (unpaired) electrons. The molecule has 1 aliphatic rings. The van der Waals surface area contributed by atoms with E-state index >= 15 is 0 Å². The molecule has 1 aliphatic heterocycles. The van der Waals surface area contributed by atoms with Crippen LogP contribution in [0.2, 0.25) is 0 Å². The first-order valence-electron chi connectivity index (χ1n) is 13.6.